The number of amides is 2. The lowest BCUT2D eigenvalue weighted by Crippen LogP contribution is -2.40. The molecule has 0 aliphatic heterocycles. The number of nitrogens with zero attached hydrogens (tertiary/aromatic N) is 2. The van der Waals surface area contributed by atoms with Gasteiger partial charge in [0.25, 0.3) is 5.91 Å². The highest BCUT2D eigenvalue weighted by atomic mass is 32.2. The van der Waals surface area contributed by atoms with Gasteiger partial charge >= 0.3 is 10.1 Å². The second-order valence-corrected chi connectivity index (χ2v) is 8.10. The third-order valence-electron chi connectivity index (χ3n) is 3.68. The number of nitrogens with two attached hydrogens (primary N) is 2. The first kappa shape index (κ1) is 21.9. The SMILES string of the molecule is CC(C)[C@H](Nc1nc(Nc2ccc(OS(C)(=O)=O)cc2)ncc1C(N)=O)C(N)=O. The maximum absolute atomic E-state index is 11.7. The van der Waals surface area contributed by atoms with Gasteiger partial charge in [-0.25, -0.2) is 4.98 Å². The van der Waals surface area contributed by atoms with E-state index in [9.17, 15) is 18.0 Å². The molecule has 0 radical (unpaired) electrons. The average molecular weight is 422 g/mol. The Morgan fingerprint density at radius 1 is 1.14 bits per heavy atom. The Bertz CT molecular complexity index is 1010. The standard InChI is InChI=1S/C17H22N6O5S/c1-9(2)13(15(19)25)22-16-12(14(18)24)8-20-17(23-16)21-10-4-6-11(7-5-10)28-29(3,26)27/h4-9,13H,1-3H3,(H2,18,24)(H2,19,25)(H2,20,21,22,23)/t13-/m0/s1. The summed E-state index contributed by atoms with van der Waals surface area (Å²) in [5.41, 5.74) is 11.3. The third kappa shape index (κ3) is 6.31. The predicted octanol–water partition coefficient (Wildman–Crippen LogP) is 0.579. The van der Waals surface area contributed by atoms with E-state index >= 15 is 0 Å². The van der Waals surface area contributed by atoms with Crippen LogP contribution in [0.3, 0.4) is 0 Å². The normalized spacial score (nSPS) is 12.3. The van der Waals surface area contributed by atoms with Gasteiger partial charge in [-0.15, -0.1) is 0 Å². The van der Waals surface area contributed by atoms with Crippen molar-refractivity contribution in [3.63, 3.8) is 0 Å². The van der Waals surface area contributed by atoms with Gasteiger partial charge in [-0.3, -0.25) is 9.59 Å². The van der Waals surface area contributed by atoms with E-state index in [1.807, 2.05) is 0 Å². The molecule has 1 aromatic carbocycles. The first-order chi connectivity index (χ1) is 13.5. The summed E-state index contributed by atoms with van der Waals surface area (Å²) in [5.74, 6) is -1.22. The van der Waals surface area contributed by atoms with Crippen molar-refractivity contribution in [3.05, 3.63) is 36.0 Å². The maximum Gasteiger partial charge on any atom is 0.306 e. The number of benzene rings is 1. The Hall–Kier alpha value is -3.41. The van der Waals surface area contributed by atoms with E-state index in [4.69, 9.17) is 15.7 Å². The molecule has 156 valence electrons. The summed E-state index contributed by atoms with van der Waals surface area (Å²) in [5, 5.41) is 5.73. The van der Waals surface area contributed by atoms with Crippen molar-refractivity contribution >= 4 is 39.4 Å². The van der Waals surface area contributed by atoms with E-state index in [2.05, 4.69) is 20.6 Å². The Labute approximate surface area is 168 Å². The fraction of sp³-hybridized carbons (Fsp3) is 0.294. The summed E-state index contributed by atoms with van der Waals surface area (Å²) >= 11 is 0. The van der Waals surface area contributed by atoms with Crippen LogP contribution in [-0.2, 0) is 14.9 Å². The molecule has 2 rings (SSSR count). The molecule has 2 aromatic rings. The molecule has 1 aromatic heterocycles. The highest BCUT2D eigenvalue weighted by Crippen LogP contribution is 2.22. The number of aromatic nitrogens is 2. The Kier molecular flexibility index (Phi) is 6.59. The minimum absolute atomic E-state index is 0.000602. The molecule has 0 saturated carbocycles. The zero-order valence-electron chi connectivity index (χ0n) is 16.0. The molecule has 0 saturated heterocycles. The van der Waals surface area contributed by atoms with E-state index in [0.29, 0.717) is 5.69 Å². The molecule has 1 atom stereocenters. The molecular weight excluding hydrogens is 400 g/mol. The highest BCUT2D eigenvalue weighted by molar-refractivity contribution is 7.86. The molecule has 0 fully saturated rings. The zero-order chi connectivity index (χ0) is 21.8. The van der Waals surface area contributed by atoms with Crippen molar-refractivity contribution < 1.29 is 22.2 Å². The van der Waals surface area contributed by atoms with Gasteiger partial charge in [0.1, 0.15) is 17.6 Å². The summed E-state index contributed by atoms with van der Waals surface area (Å²) < 4.78 is 27.1. The van der Waals surface area contributed by atoms with Gasteiger partial charge in [-0.2, -0.15) is 13.4 Å². The molecule has 0 unspecified atom stereocenters. The highest BCUT2D eigenvalue weighted by Gasteiger charge is 2.23. The first-order valence-electron chi connectivity index (χ1n) is 8.45. The van der Waals surface area contributed by atoms with E-state index in [-0.39, 0.29) is 29.0 Å². The molecule has 11 nitrogen and oxygen atoms in total. The molecule has 0 aliphatic carbocycles. The van der Waals surface area contributed by atoms with Crippen molar-refractivity contribution in [1.82, 2.24) is 9.97 Å². The molecule has 0 aliphatic rings. The van der Waals surface area contributed by atoms with Gasteiger partial charge in [0.05, 0.1) is 11.8 Å². The first-order valence-corrected chi connectivity index (χ1v) is 10.3. The second kappa shape index (κ2) is 8.73. The van der Waals surface area contributed by atoms with Gasteiger partial charge in [0.15, 0.2) is 0 Å². The van der Waals surface area contributed by atoms with Gasteiger partial charge in [0, 0.05) is 11.9 Å². The van der Waals surface area contributed by atoms with Crippen molar-refractivity contribution in [1.29, 1.82) is 0 Å². The number of hydrogen-bond acceptors (Lipinski definition) is 9. The van der Waals surface area contributed by atoms with Crippen molar-refractivity contribution in [2.75, 3.05) is 16.9 Å². The van der Waals surface area contributed by atoms with E-state index in [0.717, 1.165) is 6.26 Å². The van der Waals surface area contributed by atoms with Crippen LogP contribution in [0.25, 0.3) is 0 Å². The van der Waals surface area contributed by atoms with Crippen LogP contribution < -0.4 is 26.3 Å². The van der Waals surface area contributed by atoms with E-state index < -0.39 is 28.0 Å². The summed E-state index contributed by atoms with van der Waals surface area (Å²) in [6.45, 7) is 3.57. The Morgan fingerprint density at radius 2 is 1.76 bits per heavy atom. The van der Waals surface area contributed by atoms with Gasteiger partial charge in [-0.05, 0) is 30.2 Å². The van der Waals surface area contributed by atoms with Crippen LogP contribution in [0.2, 0.25) is 0 Å². The predicted molar refractivity (Wildman–Crippen MR) is 107 cm³/mol. The number of nitrogens with one attached hydrogen (secondary N) is 2. The molecule has 2 amide bonds. The molecular formula is C17H22N6O5S. The number of carbonyl (C=O) groups is 2. The number of hydrogen-bond donors (Lipinski definition) is 4. The molecule has 0 spiro atoms. The number of primary amides is 2. The van der Waals surface area contributed by atoms with Crippen molar-refractivity contribution in [3.8, 4) is 5.75 Å². The molecule has 29 heavy (non-hydrogen) atoms. The third-order valence-corrected chi connectivity index (χ3v) is 4.17. The molecule has 0 bridgehead atoms. The van der Waals surface area contributed by atoms with Crippen LogP contribution in [0.1, 0.15) is 24.2 Å². The van der Waals surface area contributed by atoms with Crippen LogP contribution >= 0.6 is 0 Å². The molecule has 12 heteroatoms. The number of anilines is 3. The summed E-state index contributed by atoms with van der Waals surface area (Å²) in [4.78, 5) is 31.6. The van der Waals surface area contributed by atoms with E-state index in [1.54, 1.807) is 26.0 Å². The maximum atomic E-state index is 11.7. The summed E-state index contributed by atoms with van der Waals surface area (Å²) in [6, 6.07) is 5.23. The van der Waals surface area contributed by atoms with E-state index in [1.165, 1.54) is 18.3 Å². The van der Waals surface area contributed by atoms with Gasteiger partial charge in [0.2, 0.25) is 11.9 Å². The van der Waals surface area contributed by atoms with Crippen LogP contribution in [0.5, 0.6) is 5.75 Å². The van der Waals surface area contributed by atoms with Crippen LogP contribution in [-0.4, -0.2) is 42.5 Å². The fourth-order valence-electron chi connectivity index (χ4n) is 2.34. The lowest BCUT2D eigenvalue weighted by molar-refractivity contribution is -0.119. The second-order valence-electron chi connectivity index (χ2n) is 6.53. The molecule has 6 N–H and O–H groups in total. The van der Waals surface area contributed by atoms with Crippen LogP contribution in [0, 0.1) is 5.92 Å². The number of carbonyl (C=O) groups excluding carboxylic acids is 2. The Morgan fingerprint density at radius 3 is 2.24 bits per heavy atom. The number of rotatable bonds is 9. The van der Waals surface area contributed by atoms with Crippen LogP contribution in [0.15, 0.2) is 30.5 Å². The van der Waals surface area contributed by atoms with Gasteiger partial charge in [-0.1, -0.05) is 13.8 Å². The summed E-state index contributed by atoms with van der Waals surface area (Å²) in [6.07, 6.45) is 2.16. The minimum atomic E-state index is -3.63. The van der Waals surface area contributed by atoms with Gasteiger partial charge < -0.3 is 26.3 Å². The van der Waals surface area contributed by atoms with Crippen molar-refractivity contribution in [2.45, 2.75) is 19.9 Å². The summed E-state index contributed by atoms with van der Waals surface area (Å²) in [7, 11) is -3.63. The quantitative estimate of drug-likeness (QED) is 0.420. The molecule has 1 heterocycles. The average Bonchev–Trinajstić information content (AvgIpc) is 2.59. The fourth-order valence-corrected chi connectivity index (χ4v) is 2.80. The monoisotopic (exact) mass is 422 g/mol. The topological polar surface area (TPSA) is 179 Å². The van der Waals surface area contributed by atoms with Crippen LogP contribution in [0.4, 0.5) is 17.5 Å². The minimum Gasteiger partial charge on any atom is -0.383 e. The Balaban J connectivity index is 2.28. The zero-order valence-corrected chi connectivity index (χ0v) is 16.9. The lowest BCUT2D eigenvalue weighted by atomic mass is 10.0. The largest absolute Gasteiger partial charge is 0.383 e. The van der Waals surface area contributed by atoms with Crippen molar-refractivity contribution in [2.24, 2.45) is 17.4 Å². The lowest BCUT2D eigenvalue weighted by Gasteiger charge is -2.21. The smallest absolute Gasteiger partial charge is 0.306 e.